The first-order valence-electron chi connectivity index (χ1n) is 3.03. The van der Waals surface area contributed by atoms with E-state index >= 15 is 0 Å². The van der Waals surface area contributed by atoms with Gasteiger partial charge in [-0.15, -0.1) is 0 Å². The van der Waals surface area contributed by atoms with Crippen LogP contribution >= 0.6 is 0 Å². The quantitative estimate of drug-likeness (QED) is 0.657. The topological polar surface area (TPSA) is 47.3 Å². The Balaban J connectivity index is 2.42. The lowest BCUT2D eigenvalue weighted by Crippen LogP contribution is -2.03. The zero-order valence-corrected chi connectivity index (χ0v) is 5.82. The van der Waals surface area contributed by atoms with Crippen molar-refractivity contribution in [1.29, 1.82) is 0 Å². The van der Waals surface area contributed by atoms with E-state index in [2.05, 4.69) is 5.10 Å². The third-order valence-electron chi connectivity index (χ3n) is 1.14. The lowest BCUT2D eigenvalue weighted by atomic mass is 10.6. The van der Waals surface area contributed by atoms with Crippen LogP contribution in [0.5, 0.6) is 5.75 Å². The Morgan fingerprint density at radius 1 is 1.80 bits per heavy atom. The van der Waals surface area contributed by atoms with Crippen LogP contribution in [0.4, 0.5) is 0 Å². The van der Waals surface area contributed by atoms with Crippen LogP contribution in [0, 0.1) is 0 Å². The van der Waals surface area contributed by atoms with Gasteiger partial charge < -0.3 is 9.84 Å². The number of aromatic hydroxyl groups is 1. The van der Waals surface area contributed by atoms with Crippen LogP contribution in [0.1, 0.15) is 0 Å². The van der Waals surface area contributed by atoms with E-state index in [9.17, 15) is 0 Å². The summed E-state index contributed by atoms with van der Waals surface area (Å²) in [5.74, 6) is 0.191. The zero-order chi connectivity index (χ0) is 7.40. The highest BCUT2D eigenvalue weighted by Gasteiger charge is 1.92. The second kappa shape index (κ2) is 3.22. The van der Waals surface area contributed by atoms with Crippen molar-refractivity contribution in [3.8, 4) is 5.75 Å². The molecule has 0 aromatic carbocycles. The molecule has 0 amide bonds. The van der Waals surface area contributed by atoms with E-state index in [4.69, 9.17) is 9.84 Å². The normalized spacial score (nSPS) is 10.1. The van der Waals surface area contributed by atoms with Crippen molar-refractivity contribution < 1.29 is 9.84 Å². The first-order chi connectivity index (χ1) is 4.83. The van der Waals surface area contributed by atoms with Gasteiger partial charge in [0.05, 0.1) is 25.5 Å². The van der Waals surface area contributed by atoms with Gasteiger partial charge in [-0.25, -0.2) is 0 Å². The summed E-state index contributed by atoms with van der Waals surface area (Å²) in [6.45, 7) is 1.29. The zero-order valence-electron chi connectivity index (χ0n) is 5.82. The molecular formula is C6H10N2O2. The Bertz CT molecular complexity index is 197. The van der Waals surface area contributed by atoms with E-state index in [0.717, 1.165) is 0 Å². The molecule has 0 radical (unpaired) electrons. The number of aromatic nitrogens is 2. The van der Waals surface area contributed by atoms with Crippen LogP contribution in [0.25, 0.3) is 0 Å². The average Bonchev–Trinajstić information content (AvgIpc) is 2.31. The van der Waals surface area contributed by atoms with Crippen molar-refractivity contribution in [2.75, 3.05) is 13.7 Å². The number of rotatable bonds is 3. The monoisotopic (exact) mass is 142 g/mol. The van der Waals surface area contributed by atoms with Crippen LogP contribution in [0.2, 0.25) is 0 Å². The number of hydrogen-bond donors (Lipinski definition) is 1. The molecule has 1 aromatic heterocycles. The summed E-state index contributed by atoms with van der Waals surface area (Å²) in [7, 11) is 1.63. The molecular weight excluding hydrogens is 132 g/mol. The molecule has 0 aliphatic heterocycles. The van der Waals surface area contributed by atoms with E-state index in [1.165, 1.54) is 6.20 Å². The molecule has 0 aliphatic carbocycles. The number of methoxy groups -OCH3 is 1. The van der Waals surface area contributed by atoms with Crippen LogP contribution in [0.15, 0.2) is 12.4 Å². The molecule has 1 aromatic rings. The minimum atomic E-state index is 0.191. The predicted molar refractivity (Wildman–Crippen MR) is 35.8 cm³/mol. The minimum absolute atomic E-state index is 0.191. The first kappa shape index (κ1) is 7.08. The summed E-state index contributed by atoms with van der Waals surface area (Å²) < 4.78 is 6.44. The van der Waals surface area contributed by atoms with Crippen LogP contribution in [-0.2, 0) is 11.3 Å². The van der Waals surface area contributed by atoms with E-state index in [0.29, 0.717) is 13.2 Å². The molecule has 0 aliphatic rings. The second-order valence-electron chi connectivity index (χ2n) is 1.95. The van der Waals surface area contributed by atoms with Gasteiger partial charge in [0.15, 0.2) is 5.75 Å². The van der Waals surface area contributed by atoms with Gasteiger partial charge in [0, 0.05) is 7.11 Å². The van der Waals surface area contributed by atoms with Gasteiger partial charge in [0.2, 0.25) is 0 Å². The first-order valence-corrected chi connectivity index (χ1v) is 3.03. The molecule has 10 heavy (non-hydrogen) atoms. The standard InChI is InChI=1S/C6H10N2O2/c1-10-3-2-8-5-6(9)4-7-8/h4-5,9H,2-3H2,1H3. The lowest BCUT2D eigenvalue weighted by Gasteiger charge is -1.97. The maximum absolute atomic E-state index is 8.83. The van der Waals surface area contributed by atoms with Gasteiger partial charge in [0.25, 0.3) is 0 Å². The summed E-state index contributed by atoms with van der Waals surface area (Å²) in [6.07, 6.45) is 2.95. The Morgan fingerprint density at radius 2 is 2.60 bits per heavy atom. The number of nitrogens with zero attached hydrogens (tertiary/aromatic N) is 2. The molecule has 1 rings (SSSR count). The van der Waals surface area contributed by atoms with Gasteiger partial charge in [-0.05, 0) is 0 Å². The Kier molecular flexibility index (Phi) is 2.28. The summed E-state index contributed by atoms with van der Waals surface area (Å²) >= 11 is 0. The predicted octanol–water partition coefficient (Wildman–Crippen LogP) is 0.235. The van der Waals surface area contributed by atoms with Gasteiger partial charge >= 0.3 is 0 Å². The fraction of sp³-hybridized carbons (Fsp3) is 0.500. The van der Waals surface area contributed by atoms with Crippen molar-refractivity contribution in [2.45, 2.75) is 6.54 Å². The molecule has 0 unspecified atom stereocenters. The Hall–Kier alpha value is -1.03. The van der Waals surface area contributed by atoms with Crippen LogP contribution in [-0.4, -0.2) is 28.6 Å². The number of hydrogen-bond acceptors (Lipinski definition) is 3. The van der Waals surface area contributed by atoms with Gasteiger partial charge in [0.1, 0.15) is 0 Å². The van der Waals surface area contributed by atoms with E-state index < -0.39 is 0 Å². The molecule has 4 nitrogen and oxygen atoms in total. The summed E-state index contributed by atoms with van der Waals surface area (Å²) in [6, 6.07) is 0. The molecule has 0 atom stereocenters. The molecule has 0 spiro atoms. The van der Waals surface area contributed by atoms with E-state index in [1.54, 1.807) is 18.0 Å². The minimum Gasteiger partial charge on any atom is -0.505 e. The molecule has 0 fully saturated rings. The van der Waals surface area contributed by atoms with Crippen molar-refractivity contribution >= 4 is 0 Å². The molecule has 4 heteroatoms. The molecule has 1 heterocycles. The Morgan fingerprint density at radius 3 is 3.10 bits per heavy atom. The van der Waals surface area contributed by atoms with Crippen molar-refractivity contribution in [2.24, 2.45) is 0 Å². The fourth-order valence-electron chi connectivity index (χ4n) is 0.660. The molecule has 0 bridgehead atoms. The smallest absolute Gasteiger partial charge is 0.153 e. The largest absolute Gasteiger partial charge is 0.505 e. The van der Waals surface area contributed by atoms with Gasteiger partial charge in [-0.1, -0.05) is 0 Å². The van der Waals surface area contributed by atoms with E-state index in [1.807, 2.05) is 0 Å². The van der Waals surface area contributed by atoms with Crippen LogP contribution < -0.4 is 0 Å². The third kappa shape index (κ3) is 1.73. The third-order valence-corrected chi connectivity index (χ3v) is 1.14. The Labute approximate surface area is 59.0 Å². The SMILES string of the molecule is COCCn1cc(O)cn1. The van der Waals surface area contributed by atoms with E-state index in [-0.39, 0.29) is 5.75 Å². The highest BCUT2D eigenvalue weighted by molar-refractivity contribution is 5.08. The average molecular weight is 142 g/mol. The van der Waals surface area contributed by atoms with Crippen LogP contribution in [0.3, 0.4) is 0 Å². The summed E-state index contributed by atoms with van der Waals surface area (Å²) in [4.78, 5) is 0. The maximum Gasteiger partial charge on any atom is 0.153 e. The highest BCUT2D eigenvalue weighted by atomic mass is 16.5. The van der Waals surface area contributed by atoms with Crippen molar-refractivity contribution in [3.63, 3.8) is 0 Å². The van der Waals surface area contributed by atoms with Gasteiger partial charge in [-0.2, -0.15) is 5.10 Å². The fourth-order valence-corrected chi connectivity index (χ4v) is 0.660. The highest BCUT2D eigenvalue weighted by Crippen LogP contribution is 2.03. The summed E-state index contributed by atoms with van der Waals surface area (Å²) in [5, 5.41) is 12.7. The summed E-state index contributed by atoms with van der Waals surface area (Å²) in [5.41, 5.74) is 0. The molecule has 0 saturated carbocycles. The number of ether oxygens (including phenoxy) is 1. The van der Waals surface area contributed by atoms with Crippen molar-refractivity contribution in [3.05, 3.63) is 12.4 Å². The molecule has 56 valence electrons. The lowest BCUT2D eigenvalue weighted by molar-refractivity contribution is 0.183. The molecule has 1 N–H and O–H groups in total. The molecule has 0 saturated heterocycles. The van der Waals surface area contributed by atoms with Crippen molar-refractivity contribution in [1.82, 2.24) is 9.78 Å². The van der Waals surface area contributed by atoms with Gasteiger partial charge in [-0.3, -0.25) is 4.68 Å². The maximum atomic E-state index is 8.83. The second-order valence-corrected chi connectivity index (χ2v) is 1.95.